The number of nitrogens with zero attached hydrogens (tertiary/aromatic N) is 2. The van der Waals surface area contributed by atoms with Crippen molar-refractivity contribution in [1.82, 2.24) is 14.1 Å². The first-order chi connectivity index (χ1) is 13.6. The molecule has 0 bridgehead atoms. The molecule has 1 aromatic carbocycles. The van der Waals surface area contributed by atoms with E-state index >= 15 is 0 Å². The molecule has 2 aromatic heterocycles. The minimum Gasteiger partial charge on any atom is -0.493 e. The molecule has 0 saturated heterocycles. The van der Waals surface area contributed by atoms with Crippen molar-refractivity contribution in [2.24, 2.45) is 7.05 Å². The van der Waals surface area contributed by atoms with E-state index < -0.39 is 20.3 Å². The zero-order chi connectivity index (χ0) is 21.5. The number of aromatic nitrogens is 3. The second-order valence-corrected chi connectivity index (χ2v) is 10.0. The van der Waals surface area contributed by atoms with Crippen LogP contribution in [0.5, 0.6) is 5.75 Å². The molecule has 0 atom stereocenters. The maximum Gasteiger partial charge on any atom is 0.331 e. The van der Waals surface area contributed by atoms with Crippen molar-refractivity contribution in [1.29, 1.82) is 0 Å². The van der Waals surface area contributed by atoms with Crippen LogP contribution in [-0.4, -0.2) is 29.1 Å². The van der Waals surface area contributed by atoms with Crippen molar-refractivity contribution in [3.63, 3.8) is 0 Å². The van der Waals surface area contributed by atoms with Gasteiger partial charge < -0.3 is 9.72 Å². The predicted octanol–water partition coefficient (Wildman–Crippen LogP) is 3.04. The third-order valence-electron chi connectivity index (χ3n) is 4.47. The highest BCUT2D eigenvalue weighted by Crippen LogP contribution is 2.37. The SMILES string of the molecule is CCCn1c(=O)n(C)c(=O)c2[nH]c(-c3cc(S(=O)(=O)Cl)ccc3OCC)c(I)c21. The van der Waals surface area contributed by atoms with Crippen LogP contribution in [0.25, 0.3) is 22.3 Å². The first-order valence-corrected chi connectivity index (χ1v) is 12.2. The van der Waals surface area contributed by atoms with Crippen LogP contribution >= 0.6 is 33.3 Å². The smallest absolute Gasteiger partial charge is 0.331 e. The molecule has 0 saturated carbocycles. The van der Waals surface area contributed by atoms with Crippen molar-refractivity contribution >= 4 is 53.4 Å². The summed E-state index contributed by atoms with van der Waals surface area (Å²) in [6.45, 7) is 4.54. The number of rotatable bonds is 6. The number of hydrogen-bond donors (Lipinski definition) is 1. The molecule has 0 fully saturated rings. The van der Waals surface area contributed by atoms with E-state index in [1.165, 1.54) is 25.2 Å². The van der Waals surface area contributed by atoms with E-state index in [4.69, 9.17) is 15.4 Å². The first-order valence-electron chi connectivity index (χ1n) is 8.84. The molecule has 0 aliphatic carbocycles. The molecule has 0 aliphatic rings. The van der Waals surface area contributed by atoms with Crippen molar-refractivity contribution in [2.45, 2.75) is 31.7 Å². The number of aromatic amines is 1. The average molecular weight is 552 g/mol. The summed E-state index contributed by atoms with van der Waals surface area (Å²) in [5.74, 6) is 0.433. The lowest BCUT2D eigenvalue weighted by Crippen LogP contribution is -2.38. The van der Waals surface area contributed by atoms with Gasteiger partial charge in [0.1, 0.15) is 11.3 Å². The quantitative estimate of drug-likeness (QED) is 0.375. The molecule has 29 heavy (non-hydrogen) atoms. The largest absolute Gasteiger partial charge is 0.493 e. The fourth-order valence-electron chi connectivity index (χ4n) is 3.16. The van der Waals surface area contributed by atoms with Crippen LogP contribution in [0.4, 0.5) is 0 Å². The molecule has 11 heteroatoms. The van der Waals surface area contributed by atoms with Crippen LogP contribution in [-0.2, 0) is 22.6 Å². The van der Waals surface area contributed by atoms with E-state index in [1.54, 1.807) is 11.5 Å². The van der Waals surface area contributed by atoms with E-state index in [1.807, 2.05) is 29.5 Å². The Hall–Kier alpha value is -1.79. The van der Waals surface area contributed by atoms with Crippen molar-refractivity contribution in [2.75, 3.05) is 6.61 Å². The van der Waals surface area contributed by atoms with E-state index in [-0.39, 0.29) is 10.4 Å². The lowest BCUT2D eigenvalue weighted by atomic mass is 10.1. The van der Waals surface area contributed by atoms with Gasteiger partial charge >= 0.3 is 5.69 Å². The maximum atomic E-state index is 12.7. The van der Waals surface area contributed by atoms with Crippen LogP contribution in [0.1, 0.15) is 20.3 Å². The molecule has 0 spiro atoms. The molecule has 0 amide bonds. The summed E-state index contributed by atoms with van der Waals surface area (Å²) in [4.78, 5) is 28.3. The Balaban J connectivity index is 2.44. The highest BCUT2D eigenvalue weighted by molar-refractivity contribution is 14.1. The van der Waals surface area contributed by atoms with Crippen molar-refractivity contribution < 1.29 is 13.2 Å². The van der Waals surface area contributed by atoms with Gasteiger partial charge in [-0.2, -0.15) is 0 Å². The fraction of sp³-hybridized carbons (Fsp3) is 0.333. The zero-order valence-corrected chi connectivity index (χ0v) is 19.7. The van der Waals surface area contributed by atoms with Crippen LogP contribution in [0.3, 0.4) is 0 Å². The lowest BCUT2D eigenvalue weighted by molar-refractivity contribution is 0.341. The van der Waals surface area contributed by atoms with Gasteiger partial charge in [0, 0.05) is 29.8 Å². The predicted molar refractivity (Wildman–Crippen MR) is 120 cm³/mol. The molecule has 2 heterocycles. The molecule has 3 aromatic rings. The number of aryl methyl sites for hydroxylation is 1. The number of ether oxygens (including phenoxy) is 1. The molecule has 1 N–H and O–H groups in total. The topological polar surface area (TPSA) is 103 Å². The lowest BCUT2D eigenvalue weighted by Gasteiger charge is -2.11. The molecule has 0 aliphatic heterocycles. The Bertz CT molecular complexity index is 1320. The van der Waals surface area contributed by atoms with Gasteiger partial charge in [-0.1, -0.05) is 6.92 Å². The number of hydrogen-bond acceptors (Lipinski definition) is 5. The highest BCUT2D eigenvalue weighted by atomic mass is 127. The van der Waals surface area contributed by atoms with Crippen LogP contribution < -0.4 is 16.0 Å². The molecule has 156 valence electrons. The monoisotopic (exact) mass is 551 g/mol. The molecule has 3 rings (SSSR count). The second kappa shape index (κ2) is 8.15. The molecule has 8 nitrogen and oxygen atoms in total. The number of H-pyrrole nitrogens is 1. The Morgan fingerprint density at radius 3 is 2.52 bits per heavy atom. The summed E-state index contributed by atoms with van der Waals surface area (Å²) in [7, 11) is 2.98. The minimum atomic E-state index is -3.97. The highest BCUT2D eigenvalue weighted by Gasteiger charge is 2.23. The van der Waals surface area contributed by atoms with Gasteiger partial charge in [-0.3, -0.25) is 13.9 Å². The second-order valence-electron chi connectivity index (χ2n) is 6.36. The van der Waals surface area contributed by atoms with Gasteiger partial charge in [0.2, 0.25) is 0 Å². The van der Waals surface area contributed by atoms with Crippen molar-refractivity contribution in [3.8, 4) is 17.0 Å². The summed E-state index contributed by atoms with van der Waals surface area (Å²) >= 11 is 2.05. The Morgan fingerprint density at radius 2 is 1.93 bits per heavy atom. The van der Waals surface area contributed by atoms with Crippen molar-refractivity contribution in [3.05, 3.63) is 42.6 Å². The van der Waals surface area contributed by atoms with Gasteiger partial charge in [0.25, 0.3) is 14.6 Å². The third kappa shape index (κ3) is 3.84. The maximum absolute atomic E-state index is 12.7. The molecule has 0 radical (unpaired) electrons. The van der Waals surface area contributed by atoms with E-state index in [0.717, 1.165) is 4.57 Å². The number of benzene rings is 1. The summed E-state index contributed by atoms with van der Waals surface area (Å²) in [5, 5.41) is 0. The Kier molecular flexibility index (Phi) is 6.16. The summed E-state index contributed by atoms with van der Waals surface area (Å²) in [6, 6.07) is 4.28. The first kappa shape index (κ1) is 21.9. The van der Waals surface area contributed by atoms with Gasteiger partial charge in [-0.25, -0.2) is 13.2 Å². The van der Waals surface area contributed by atoms with Crippen LogP contribution in [0.15, 0.2) is 32.7 Å². The molecule has 0 unspecified atom stereocenters. The van der Waals surface area contributed by atoms with Crippen LogP contribution in [0.2, 0.25) is 0 Å². The van der Waals surface area contributed by atoms with E-state index in [9.17, 15) is 18.0 Å². The number of nitrogens with one attached hydrogen (secondary N) is 1. The average Bonchev–Trinajstić information content (AvgIpc) is 3.00. The Labute approximate surface area is 185 Å². The van der Waals surface area contributed by atoms with E-state index in [2.05, 4.69) is 4.98 Å². The number of fused-ring (bicyclic) bond motifs is 1. The molecular formula is C18H19ClIN3O5S. The molecular weight excluding hydrogens is 533 g/mol. The standard InChI is InChI=1S/C18H19ClIN3O5S/c1-4-8-23-16-13(20)14(21-15(16)17(24)22(3)18(23)25)11-9-10(29(19,26)27)6-7-12(11)28-5-2/h6-7,9,21H,4-5,8H2,1-3H3. The zero-order valence-electron chi connectivity index (χ0n) is 16.0. The van der Waals surface area contributed by atoms with Gasteiger partial charge in [-0.05, 0) is 54.1 Å². The van der Waals surface area contributed by atoms with Gasteiger partial charge in [0.15, 0.2) is 0 Å². The Morgan fingerprint density at radius 1 is 1.24 bits per heavy atom. The summed E-state index contributed by atoms with van der Waals surface area (Å²) in [6.07, 6.45) is 0.702. The summed E-state index contributed by atoms with van der Waals surface area (Å²) in [5.41, 5.74) is 0.805. The van der Waals surface area contributed by atoms with Crippen LogP contribution in [0, 0.1) is 3.57 Å². The minimum absolute atomic E-state index is 0.0917. The fourth-order valence-corrected chi connectivity index (χ4v) is 4.92. The normalized spacial score (nSPS) is 11.9. The van der Waals surface area contributed by atoms with Gasteiger partial charge in [0.05, 0.1) is 26.3 Å². The van der Waals surface area contributed by atoms with Gasteiger partial charge in [-0.15, -0.1) is 0 Å². The third-order valence-corrected chi connectivity index (χ3v) is 6.87. The number of halogens is 2. The summed E-state index contributed by atoms with van der Waals surface area (Å²) < 4.78 is 32.5. The van der Waals surface area contributed by atoms with E-state index in [0.29, 0.717) is 45.7 Å².